The van der Waals surface area contributed by atoms with E-state index >= 15 is 0 Å². The van der Waals surface area contributed by atoms with Crippen molar-refractivity contribution in [2.24, 2.45) is 5.73 Å². The van der Waals surface area contributed by atoms with Crippen LogP contribution in [0.25, 0.3) is 23.0 Å². The number of halogens is 1. The molecule has 2 aromatic heterocycles. The minimum atomic E-state index is 0.399. The third kappa shape index (κ3) is 2.63. The smallest absolute Gasteiger partial charge is 0.278 e. The highest BCUT2D eigenvalue weighted by Gasteiger charge is 2.13. The van der Waals surface area contributed by atoms with Crippen LogP contribution in [0.2, 0.25) is 0 Å². The molecule has 0 radical (unpaired) electrons. The average Bonchev–Trinajstić information content (AvgIpc) is 3.07. The highest BCUT2D eigenvalue weighted by Crippen LogP contribution is 2.23. The van der Waals surface area contributed by atoms with Crippen molar-refractivity contribution in [1.82, 2.24) is 19.7 Å². The van der Waals surface area contributed by atoms with Crippen LogP contribution in [0.1, 0.15) is 0 Å². The van der Waals surface area contributed by atoms with Gasteiger partial charge in [-0.15, -0.1) is 0 Å². The Labute approximate surface area is 123 Å². The molecule has 0 aliphatic carbocycles. The summed E-state index contributed by atoms with van der Waals surface area (Å²) in [4.78, 5) is 8.59. The zero-order valence-electron chi connectivity index (χ0n) is 10.5. The highest BCUT2D eigenvalue weighted by atomic mass is 79.9. The van der Waals surface area contributed by atoms with E-state index in [4.69, 9.17) is 10.3 Å². The van der Waals surface area contributed by atoms with Crippen molar-refractivity contribution in [3.8, 4) is 23.0 Å². The molecule has 0 atom stereocenters. The summed E-state index contributed by atoms with van der Waals surface area (Å²) < 4.78 is 8.11. The predicted octanol–water partition coefficient (Wildman–Crippen LogP) is 2.32. The van der Waals surface area contributed by atoms with Gasteiger partial charge in [-0.25, -0.2) is 4.98 Å². The van der Waals surface area contributed by atoms with E-state index < -0.39 is 0 Å². The predicted molar refractivity (Wildman–Crippen MR) is 77.7 cm³/mol. The van der Waals surface area contributed by atoms with E-state index in [-0.39, 0.29) is 0 Å². The van der Waals surface area contributed by atoms with Crippen molar-refractivity contribution in [3.05, 3.63) is 41.3 Å². The first-order chi connectivity index (χ1) is 9.76. The fraction of sp³-hybridized carbons (Fsp3) is 0.154. The molecule has 2 heterocycles. The Morgan fingerprint density at radius 1 is 1.35 bits per heavy atom. The summed E-state index contributed by atoms with van der Waals surface area (Å²) in [5.41, 5.74) is 7.03. The SMILES string of the molecule is NCCn1cnc(-c2nc(-c3cccc(Br)c3)no2)c1. The Hall–Kier alpha value is -1.99. The molecule has 0 unspecified atom stereocenters. The number of hydrogen-bond donors (Lipinski definition) is 1. The van der Waals surface area contributed by atoms with Gasteiger partial charge in [0.2, 0.25) is 5.82 Å². The zero-order valence-corrected chi connectivity index (χ0v) is 12.1. The van der Waals surface area contributed by atoms with E-state index in [1.807, 2.05) is 35.0 Å². The maximum atomic E-state index is 5.50. The summed E-state index contributed by atoms with van der Waals surface area (Å²) in [6, 6.07) is 7.72. The molecule has 3 aromatic rings. The standard InChI is InChI=1S/C13H12BrN5O/c14-10-3-1-2-9(6-10)12-17-13(20-18-12)11-7-19(5-4-15)8-16-11/h1-3,6-8H,4-5,15H2. The maximum absolute atomic E-state index is 5.50. The van der Waals surface area contributed by atoms with Crippen molar-refractivity contribution in [3.63, 3.8) is 0 Å². The molecule has 3 rings (SSSR count). The molecule has 0 amide bonds. The number of aromatic nitrogens is 4. The topological polar surface area (TPSA) is 82.8 Å². The molecule has 0 aliphatic rings. The largest absolute Gasteiger partial charge is 0.335 e. The monoisotopic (exact) mass is 333 g/mol. The Balaban J connectivity index is 1.89. The second kappa shape index (κ2) is 5.56. The first kappa shape index (κ1) is 13.0. The van der Waals surface area contributed by atoms with Crippen LogP contribution < -0.4 is 5.73 Å². The molecular formula is C13H12BrN5O. The quantitative estimate of drug-likeness (QED) is 0.792. The third-order valence-corrected chi connectivity index (χ3v) is 3.24. The lowest BCUT2D eigenvalue weighted by molar-refractivity contribution is 0.431. The molecule has 7 heteroatoms. The first-order valence-electron chi connectivity index (χ1n) is 6.08. The number of benzene rings is 1. The Kier molecular flexibility index (Phi) is 3.62. The number of nitrogens with two attached hydrogens (primary N) is 1. The van der Waals surface area contributed by atoms with Gasteiger partial charge < -0.3 is 14.8 Å². The third-order valence-electron chi connectivity index (χ3n) is 2.75. The summed E-state index contributed by atoms with van der Waals surface area (Å²) in [6.07, 6.45) is 3.54. The van der Waals surface area contributed by atoms with Crippen molar-refractivity contribution in [2.45, 2.75) is 6.54 Å². The molecule has 102 valence electrons. The van der Waals surface area contributed by atoms with Crippen molar-refractivity contribution >= 4 is 15.9 Å². The van der Waals surface area contributed by atoms with Gasteiger partial charge in [0.1, 0.15) is 5.69 Å². The second-order valence-electron chi connectivity index (χ2n) is 4.22. The molecule has 0 saturated carbocycles. The number of imidazole rings is 1. The second-order valence-corrected chi connectivity index (χ2v) is 5.13. The molecule has 6 nitrogen and oxygen atoms in total. The minimum absolute atomic E-state index is 0.399. The summed E-state index contributed by atoms with van der Waals surface area (Å²) in [5.74, 6) is 0.936. The summed E-state index contributed by atoms with van der Waals surface area (Å²) >= 11 is 3.42. The Morgan fingerprint density at radius 2 is 2.25 bits per heavy atom. The molecule has 0 saturated heterocycles. The lowest BCUT2D eigenvalue weighted by atomic mass is 10.2. The van der Waals surface area contributed by atoms with Crippen molar-refractivity contribution in [2.75, 3.05) is 6.54 Å². The number of nitrogens with zero attached hydrogens (tertiary/aromatic N) is 4. The van der Waals surface area contributed by atoms with Gasteiger partial charge in [0.05, 0.1) is 6.33 Å². The lowest BCUT2D eigenvalue weighted by Crippen LogP contribution is -2.07. The van der Waals surface area contributed by atoms with Gasteiger partial charge in [-0.2, -0.15) is 4.98 Å². The van der Waals surface area contributed by atoms with Gasteiger partial charge in [0, 0.05) is 29.3 Å². The number of hydrogen-bond acceptors (Lipinski definition) is 5. The van der Waals surface area contributed by atoms with Gasteiger partial charge in [-0.1, -0.05) is 33.2 Å². The molecule has 2 N–H and O–H groups in total. The van der Waals surface area contributed by atoms with Gasteiger partial charge in [-0.05, 0) is 12.1 Å². The van der Waals surface area contributed by atoms with Crippen molar-refractivity contribution < 1.29 is 4.52 Å². The van der Waals surface area contributed by atoms with Crippen LogP contribution in [0.4, 0.5) is 0 Å². The molecular weight excluding hydrogens is 322 g/mol. The fourth-order valence-corrected chi connectivity index (χ4v) is 2.21. The fourth-order valence-electron chi connectivity index (χ4n) is 1.81. The Morgan fingerprint density at radius 3 is 3.05 bits per heavy atom. The van der Waals surface area contributed by atoms with Gasteiger partial charge >= 0.3 is 0 Å². The molecule has 20 heavy (non-hydrogen) atoms. The summed E-state index contributed by atoms with van der Waals surface area (Å²) in [7, 11) is 0. The van der Waals surface area contributed by atoms with Crippen LogP contribution in [0.3, 0.4) is 0 Å². The van der Waals surface area contributed by atoms with Crippen LogP contribution >= 0.6 is 15.9 Å². The number of rotatable bonds is 4. The minimum Gasteiger partial charge on any atom is -0.335 e. The van der Waals surface area contributed by atoms with E-state index in [9.17, 15) is 0 Å². The van der Waals surface area contributed by atoms with Gasteiger partial charge in [-0.3, -0.25) is 0 Å². The van der Waals surface area contributed by atoms with E-state index in [2.05, 4.69) is 31.1 Å². The van der Waals surface area contributed by atoms with E-state index in [1.54, 1.807) is 6.33 Å². The average molecular weight is 334 g/mol. The molecule has 1 aromatic carbocycles. The lowest BCUT2D eigenvalue weighted by Gasteiger charge is -1.94. The van der Waals surface area contributed by atoms with E-state index in [0.717, 1.165) is 10.0 Å². The van der Waals surface area contributed by atoms with E-state index in [1.165, 1.54) is 0 Å². The van der Waals surface area contributed by atoms with E-state index in [0.29, 0.717) is 30.5 Å². The summed E-state index contributed by atoms with van der Waals surface area (Å²) in [6.45, 7) is 1.27. The highest BCUT2D eigenvalue weighted by molar-refractivity contribution is 9.10. The molecule has 0 fully saturated rings. The van der Waals surface area contributed by atoms with Gasteiger partial charge in [0.25, 0.3) is 5.89 Å². The van der Waals surface area contributed by atoms with Gasteiger partial charge in [0.15, 0.2) is 0 Å². The van der Waals surface area contributed by atoms with Crippen LogP contribution in [-0.2, 0) is 6.54 Å². The summed E-state index contributed by atoms with van der Waals surface area (Å²) in [5, 5.41) is 3.98. The maximum Gasteiger partial charge on any atom is 0.278 e. The molecule has 0 spiro atoms. The first-order valence-corrected chi connectivity index (χ1v) is 6.87. The zero-order chi connectivity index (χ0) is 13.9. The van der Waals surface area contributed by atoms with Crippen LogP contribution in [-0.4, -0.2) is 26.2 Å². The molecule has 0 bridgehead atoms. The normalized spacial score (nSPS) is 10.9. The van der Waals surface area contributed by atoms with Crippen LogP contribution in [0, 0.1) is 0 Å². The Bertz CT molecular complexity index is 721. The van der Waals surface area contributed by atoms with Crippen LogP contribution in [0.15, 0.2) is 45.8 Å². The van der Waals surface area contributed by atoms with Crippen molar-refractivity contribution in [1.29, 1.82) is 0 Å². The molecule has 0 aliphatic heterocycles. The van der Waals surface area contributed by atoms with Crippen LogP contribution in [0.5, 0.6) is 0 Å².